The van der Waals surface area contributed by atoms with Crippen molar-refractivity contribution in [3.63, 3.8) is 0 Å². The molecule has 42 heavy (non-hydrogen) atoms. The first-order valence-corrected chi connectivity index (χ1v) is 13.8. The van der Waals surface area contributed by atoms with Crippen molar-refractivity contribution < 1.29 is 19.1 Å². The van der Waals surface area contributed by atoms with Crippen molar-refractivity contribution >= 4 is 46.0 Å². The van der Waals surface area contributed by atoms with Crippen LogP contribution in [0.3, 0.4) is 0 Å². The number of pyridine rings is 1. The number of aliphatic hydroxyl groups is 1. The van der Waals surface area contributed by atoms with Gasteiger partial charge in [0.15, 0.2) is 11.6 Å². The zero-order valence-corrected chi connectivity index (χ0v) is 24.4. The van der Waals surface area contributed by atoms with E-state index in [0.29, 0.717) is 17.4 Å². The van der Waals surface area contributed by atoms with Crippen LogP contribution < -0.4 is 21.5 Å². The van der Waals surface area contributed by atoms with Gasteiger partial charge in [0.2, 0.25) is 5.91 Å². The van der Waals surface area contributed by atoms with Gasteiger partial charge >= 0.3 is 0 Å². The minimum Gasteiger partial charge on any atom is -0.504 e. The molecular formula is C28H32ClFN8O4. The van der Waals surface area contributed by atoms with Crippen molar-refractivity contribution in [1.29, 1.82) is 0 Å². The number of nitrogens with zero attached hydrogens (tertiary/aromatic N) is 6. The average Bonchev–Trinajstić information content (AvgIpc) is 3.44. The Hall–Kier alpha value is -4.23. The summed E-state index contributed by atoms with van der Waals surface area (Å²) in [5.74, 6) is -3.59. The number of aromatic nitrogens is 4. The standard InChI is InChI=1S/C28H32ClFN8O4/c1-14(2)20-11-35(3)5-6-38(20)21-8-19(18(29)9-32-21)34-22(39)12-37-10-17(23-27(37)33-13-36(4)28(23)42)15-7-16(26(31)41)25(40)24(15)30/h7-10,13-15,20,40H,5-6,11-12H2,1-4H3,(H2,31,41)(H,32,34,39)/t15?,20-/m1/s1. The predicted octanol–water partition coefficient (Wildman–Crippen LogP) is 2.45. The van der Waals surface area contributed by atoms with E-state index >= 15 is 4.39 Å². The summed E-state index contributed by atoms with van der Waals surface area (Å²) in [6.07, 6.45) is 5.35. The van der Waals surface area contributed by atoms with Crippen LogP contribution in [-0.4, -0.2) is 73.6 Å². The van der Waals surface area contributed by atoms with Crippen LogP contribution in [0.25, 0.3) is 11.0 Å². The Morgan fingerprint density at radius 3 is 2.67 bits per heavy atom. The number of likely N-dealkylation sites (N-methyl/N-ethyl adjacent to an activating group) is 1. The number of hydrogen-bond acceptors (Lipinski definition) is 8. The van der Waals surface area contributed by atoms with Crippen molar-refractivity contribution in [1.82, 2.24) is 24.0 Å². The average molecular weight is 599 g/mol. The lowest BCUT2D eigenvalue weighted by atomic mass is 9.99. The number of hydrogen-bond donors (Lipinski definition) is 3. The maximum Gasteiger partial charge on any atom is 0.262 e. The van der Waals surface area contributed by atoms with Crippen LogP contribution in [0.5, 0.6) is 0 Å². The molecule has 222 valence electrons. The van der Waals surface area contributed by atoms with Crippen molar-refractivity contribution in [2.45, 2.75) is 32.4 Å². The molecule has 1 aliphatic heterocycles. The van der Waals surface area contributed by atoms with E-state index in [-0.39, 0.29) is 39.8 Å². The molecule has 0 spiro atoms. The number of rotatable bonds is 7. The second-order valence-corrected chi connectivity index (χ2v) is 11.4. The molecule has 3 aromatic heterocycles. The summed E-state index contributed by atoms with van der Waals surface area (Å²) in [6, 6.07) is 1.97. The number of carbonyl (C=O) groups excluding carboxylic acids is 2. The largest absolute Gasteiger partial charge is 0.504 e. The molecule has 0 bridgehead atoms. The Balaban J connectivity index is 1.46. The Bertz CT molecular complexity index is 1710. The number of allylic oxidation sites excluding steroid dienone is 2. The van der Waals surface area contributed by atoms with E-state index in [0.717, 1.165) is 25.7 Å². The van der Waals surface area contributed by atoms with Crippen molar-refractivity contribution in [2.75, 3.05) is 36.9 Å². The molecule has 0 aromatic carbocycles. The number of amides is 2. The van der Waals surface area contributed by atoms with Crippen molar-refractivity contribution in [3.05, 3.63) is 69.0 Å². The second-order valence-electron chi connectivity index (χ2n) is 11.0. The summed E-state index contributed by atoms with van der Waals surface area (Å²) in [6.45, 7) is 6.55. The molecule has 4 heterocycles. The molecular weight excluding hydrogens is 567 g/mol. The number of halogens is 2. The zero-order chi connectivity index (χ0) is 30.5. The highest BCUT2D eigenvalue weighted by Crippen LogP contribution is 2.40. The Morgan fingerprint density at radius 2 is 2.00 bits per heavy atom. The predicted molar refractivity (Wildman–Crippen MR) is 157 cm³/mol. The molecule has 1 unspecified atom stereocenters. The van der Waals surface area contributed by atoms with Gasteiger partial charge in [-0.3, -0.25) is 14.4 Å². The van der Waals surface area contributed by atoms with E-state index < -0.39 is 34.9 Å². The molecule has 0 saturated carbocycles. The van der Waals surface area contributed by atoms with Gasteiger partial charge in [0.1, 0.15) is 18.0 Å². The van der Waals surface area contributed by atoms with Crippen LogP contribution in [0.15, 0.2) is 52.8 Å². The molecule has 2 aliphatic rings. The summed E-state index contributed by atoms with van der Waals surface area (Å²) in [5.41, 5.74) is 5.03. The number of piperazine rings is 1. The van der Waals surface area contributed by atoms with E-state index in [9.17, 15) is 19.5 Å². The number of nitrogens with one attached hydrogen (secondary N) is 1. The molecule has 2 amide bonds. The SMILES string of the molecule is CC(C)[C@H]1CN(C)CCN1c1cc(NC(=O)Cn2cc(C3C=C(C(N)=O)C(O)=C3F)c3c(=O)n(C)cnc32)c(Cl)cn1. The minimum atomic E-state index is -1.26. The van der Waals surface area contributed by atoms with E-state index in [2.05, 4.69) is 46.0 Å². The number of aliphatic hydroxyl groups excluding tert-OH is 1. The molecule has 5 rings (SSSR count). The van der Waals surface area contributed by atoms with E-state index in [1.165, 1.54) is 34.9 Å². The first-order chi connectivity index (χ1) is 19.9. The molecule has 4 N–H and O–H groups in total. The molecule has 2 atom stereocenters. The zero-order valence-electron chi connectivity index (χ0n) is 23.6. The van der Waals surface area contributed by atoms with Gasteiger partial charge in [-0.05, 0) is 18.5 Å². The molecule has 1 saturated heterocycles. The van der Waals surface area contributed by atoms with Crippen LogP contribution in [0.2, 0.25) is 5.02 Å². The smallest absolute Gasteiger partial charge is 0.262 e. The topological polar surface area (TPSA) is 152 Å². The fraction of sp³-hybridized carbons (Fsp3) is 0.393. The summed E-state index contributed by atoms with van der Waals surface area (Å²) in [4.78, 5) is 51.4. The normalized spacial score (nSPS) is 19.6. The van der Waals surface area contributed by atoms with Gasteiger partial charge in [0, 0.05) is 45.0 Å². The van der Waals surface area contributed by atoms with Crippen molar-refractivity contribution in [3.8, 4) is 0 Å². The molecule has 3 aromatic rings. The maximum absolute atomic E-state index is 15.1. The van der Waals surface area contributed by atoms with Gasteiger partial charge in [-0.25, -0.2) is 14.4 Å². The molecule has 1 fully saturated rings. The number of anilines is 2. The Labute approximate surface area is 245 Å². The summed E-state index contributed by atoms with van der Waals surface area (Å²) < 4.78 is 17.7. The first-order valence-electron chi connectivity index (χ1n) is 13.4. The van der Waals surface area contributed by atoms with Crippen LogP contribution >= 0.6 is 11.6 Å². The van der Waals surface area contributed by atoms with E-state index in [1.807, 2.05) is 0 Å². The summed E-state index contributed by atoms with van der Waals surface area (Å²) in [5, 5.41) is 13.2. The summed E-state index contributed by atoms with van der Waals surface area (Å²) in [7, 11) is 3.57. The minimum absolute atomic E-state index is 0.0433. The Kier molecular flexibility index (Phi) is 7.82. The third kappa shape index (κ3) is 5.25. The van der Waals surface area contributed by atoms with Gasteiger partial charge in [-0.2, -0.15) is 0 Å². The van der Waals surface area contributed by atoms with Gasteiger partial charge in [-0.15, -0.1) is 0 Å². The number of nitrogens with two attached hydrogens (primary N) is 1. The monoisotopic (exact) mass is 598 g/mol. The number of carbonyl (C=O) groups is 2. The van der Waals surface area contributed by atoms with Crippen LogP contribution in [-0.2, 0) is 23.2 Å². The number of fused-ring (bicyclic) bond motifs is 1. The molecule has 0 radical (unpaired) electrons. The molecule has 1 aliphatic carbocycles. The van der Waals surface area contributed by atoms with E-state index in [4.69, 9.17) is 17.3 Å². The lowest BCUT2D eigenvalue weighted by Gasteiger charge is -2.43. The van der Waals surface area contributed by atoms with Crippen LogP contribution in [0.1, 0.15) is 25.3 Å². The maximum atomic E-state index is 15.1. The highest BCUT2D eigenvalue weighted by molar-refractivity contribution is 6.33. The lowest BCUT2D eigenvalue weighted by molar-refractivity contribution is -0.117. The third-order valence-corrected chi connectivity index (χ3v) is 8.07. The van der Waals surface area contributed by atoms with E-state index in [1.54, 1.807) is 6.07 Å². The summed E-state index contributed by atoms with van der Waals surface area (Å²) >= 11 is 6.41. The van der Waals surface area contributed by atoms with Crippen LogP contribution in [0.4, 0.5) is 15.9 Å². The van der Waals surface area contributed by atoms with Gasteiger partial charge in [-0.1, -0.05) is 31.5 Å². The lowest BCUT2D eigenvalue weighted by Crippen LogP contribution is -2.54. The molecule has 12 nitrogen and oxygen atoms in total. The number of aryl methyl sites for hydroxylation is 1. The van der Waals surface area contributed by atoms with Crippen molar-refractivity contribution in [2.24, 2.45) is 18.7 Å². The number of primary amides is 1. The van der Waals surface area contributed by atoms with Gasteiger partial charge in [0.25, 0.3) is 11.5 Å². The van der Waals surface area contributed by atoms with Crippen LogP contribution in [0, 0.1) is 5.92 Å². The quantitative estimate of drug-likeness (QED) is 0.375. The highest BCUT2D eigenvalue weighted by atomic mass is 35.5. The van der Waals surface area contributed by atoms with Gasteiger partial charge < -0.3 is 35.1 Å². The fourth-order valence-electron chi connectivity index (χ4n) is 5.50. The third-order valence-electron chi connectivity index (χ3n) is 7.77. The van der Waals surface area contributed by atoms with Gasteiger partial charge in [0.05, 0.1) is 40.1 Å². The second kappa shape index (κ2) is 11.2. The fourth-order valence-corrected chi connectivity index (χ4v) is 5.65. The molecule has 14 heteroatoms. The highest BCUT2D eigenvalue weighted by Gasteiger charge is 2.34. The first kappa shape index (κ1) is 29.3. The Morgan fingerprint density at radius 1 is 1.26 bits per heavy atom.